The number of likely N-dealkylation sites (tertiary alicyclic amines) is 1. The first-order valence-electron chi connectivity index (χ1n) is 6.31. The Morgan fingerprint density at radius 1 is 1.50 bits per heavy atom. The van der Waals surface area contributed by atoms with Gasteiger partial charge in [-0.05, 0) is 38.3 Å². The molecule has 2 atom stereocenters. The van der Waals surface area contributed by atoms with Crippen molar-refractivity contribution >= 4 is 5.97 Å². The fourth-order valence-corrected chi connectivity index (χ4v) is 2.90. The van der Waals surface area contributed by atoms with Gasteiger partial charge in [0.25, 0.3) is 0 Å². The van der Waals surface area contributed by atoms with E-state index in [-0.39, 0.29) is 5.76 Å². The Hall–Kier alpha value is -1.33. The molecule has 0 bridgehead atoms. The van der Waals surface area contributed by atoms with Crippen molar-refractivity contribution in [2.75, 3.05) is 6.54 Å². The number of nitrogens with zero attached hydrogens (tertiary/aromatic N) is 1. The van der Waals surface area contributed by atoms with E-state index in [1.165, 1.54) is 18.9 Å². The molecule has 98 valence electrons. The average Bonchev–Trinajstić information content (AvgIpc) is 2.90. The van der Waals surface area contributed by atoms with Gasteiger partial charge in [-0.15, -0.1) is 0 Å². The molecule has 1 aliphatic carbocycles. The Bertz CT molecular complexity index is 479. The molecular weight excluding hydrogens is 234 g/mol. The van der Waals surface area contributed by atoms with Gasteiger partial charge in [-0.2, -0.15) is 0 Å². The third-order valence-electron chi connectivity index (χ3n) is 3.93. The summed E-state index contributed by atoms with van der Waals surface area (Å²) in [5.41, 5.74) is -1.05. The van der Waals surface area contributed by atoms with E-state index in [9.17, 15) is 9.90 Å². The average molecular weight is 251 g/mol. The van der Waals surface area contributed by atoms with Crippen molar-refractivity contribution < 1.29 is 19.4 Å². The van der Waals surface area contributed by atoms with Crippen LogP contribution >= 0.6 is 0 Å². The summed E-state index contributed by atoms with van der Waals surface area (Å²) in [4.78, 5) is 13.1. The number of β-amino-alcohol motifs (C(OH)–C–C–N with tert-alkyl or cyclic N) is 1. The predicted molar refractivity (Wildman–Crippen MR) is 63.4 cm³/mol. The first-order valence-corrected chi connectivity index (χ1v) is 6.31. The molecule has 0 aromatic carbocycles. The van der Waals surface area contributed by atoms with Crippen LogP contribution in [0.1, 0.15) is 42.5 Å². The summed E-state index contributed by atoms with van der Waals surface area (Å²) in [6.07, 6.45) is 2.98. The van der Waals surface area contributed by atoms with E-state index >= 15 is 0 Å². The van der Waals surface area contributed by atoms with E-state index in [0.29, 0.717) is 30.8 Å². The monoisotopic (exact) mass is 251 g/mol. The van der Waals surface area contributed by atoms with Crippen LogP contribution in [0, 0.1) is 0 Å². The van der Waals surface area contributed by atoms with Crippen molar-refractivity contribution in [3.63, 3.8) is 0 Å². The van der Waals surface area contributed by atoms with E-state index in [4.69, 9.17) is 9.52 Å². The lowest BCUT2D eigenvalue weighted by Gasteiger charge is -2.21. The molecule has 18 heavy (non-hydrogen) atoms. The fraction of sp³-hybridized carbons (Fsp3) is 0.615. The van der Waals surface area contributed by atoms with Gasteiger partial charge in [0.2, 0.25) is 5.76 Å². The van der Waals surface area contributed by atoms with Gasteiger partial charge in [0.1, 0.15) is 11.4 Å². The van der Waals surface area contributed by atoms with Crippen LogP contribution in [-0.4, -0.2) is 39.7 Å². The van der Waals surface area contributed by atoms with Gasteiger partial charge in [-0.25, -0.2) is 4.79 Å². The molecule has 2 heterocycles. The van der Waals surface area contributed by atoms with Crippen LogP contribution < -0.4 is 0 Å². The zero-order chi connectivity index (χ0) is 12.9. The normalized spacial score (nSPS) is 32.9. The Balaban J connectivity index is 1.83. The SMILES string of the molecule is CC1CC(O)(c2ccc(C(=O)O)o2)CN1C1CC1. The maximum atomic E-state index is 10.8. The van der Waals surface area contributed by atoms with Crippen LogP contribution in [0.5, 0.6) is 0 Å². The number of furan rings is 1. The molecule has 1 saturated carbocycles. The van der Waals surface area contributed by atoms with Crippen LogP contribution in [0.3, 0.4) is 0 Å². The molecule has 1 aromatic heterocycles. The molecule has 1 saturated heterocycles. The number of rotatable bonds is 3. The topological polar surface area (TPSA) is 73.9 Å². The summed E-state index contributed by atoms with van der Waals surface area (Å²) in [7, 11) is 0. The lowest BCUT2D eigenvalue weighted by Crippen LogP contribution is -2.33. The Morgan fingerprint density at radius 3 is 2.78 bits per heavy atom. The lowest BCUT2D eigenvalue weighted by molar-refractivity contribution is 0.0214. The largest absolute Gasteiger partial charge is 0.475 e. The minimum atomic E-state index is -1.10. The Morgan fingerprint density at radius 2 is 2.22 bits per heavy atom. The van der Waals surface area contributed by atoms with Gasteiger partial charge in [0, 0.05) is 18.6 Å². The molecular formula is C13H17NO4. The molecule has 1 aliphatic heterocycles. The molecule has 2 unspecified atom stereocenters. The highest BCUT2D eigenvalue weighted by atomic mass is 16.4. The van der Waals surface area contributed by atoms with Gasteiger partial charge in [0.15, 0.2) is 0 Å². The molecule has 2 aliphatic rings. The maximum Gasteiger partial charge on any atom is 0.371 e. The quantitative estimate of drug-likeness (QED) is 0.850. The van der Waals surface area contributed by atoms with Crippen molar-refractivity contribution in [2.45, 2.75) is 43.9 Å². The molecule has 5 heteroatoms. The summed E-state index contributed by atoms with van der Waals surface area (Å²) in [5, 5.41) is 19.5. The van der Waals surface area contributed by atoms with Crippen molar-refractivity contribution in [3.8, 4) is 0 Å². The molecule has 1 aromatic rings. The third kappa shape index (κ3) is 1.83. The number of hydrogen-bond donors (Lipinski definition) is 2. The highest BCUT2D eigenvalue weighted by Crippen LogP contribution is 2.42. The highest BCUT2D eigenvalue weighted by Gasteiger charge is 2.48. The van der Waals surface area contributed by atoms with E-state index in [0.717, 1.165) is 0 Å². The number of hydrogen-bond acceptors (Lipinski definition) is 4. The van der Waals surface area contributed by atoms with Crippen LogP contribution in [-0.2, 0) is 5.60 Å². The predicted octanol–water partition coefficient (Wildman–Crippen LogP) is 1.42. The second kappa shape index (κ2) is 3.83. The molecule has 2 fully saturated rings. The van der Waals surface area contributed by atoms with E-state index in [1.807, 2.05) is 0 Å². The van der Waals surface area contributed by atoms with Gasteiger partial charge in [-0.1, -0.05) is 0 Å². The molecule has 0 amide bonds. The summed E-state index contributed by atoms with van der Waals surface area (Å²) in [5.74, 6) is -0.846. The summed E-state index contributed by atoms with van der Waals surface area (Å²) >= 11 is 0. The maximum absolute atomic E-state index is 10.8. The number of aromatic carboxylic acids is 1. The van der Waals surface area contributed by atoms with Crippen LogP contribution in [0.15, 0.2) is 16.5 Å². The third-order valence-corrected chi connectivity index (χ3v) is 3.93. The second-order valence-corrected chi connectivity index (χ2v) is 5.46. The fourth-order valence-electron chi connectivity index (χ4n) is 2.90. The smallest absolute Gasteiger partial charge is 0.371 e. The van der Waals surface area contributed by atoms with Crippen molar-refractivity contribution in [1.82, 2.24) is 4.90 Å². The lowest BCUT2D eigenvalue weighted by atomic mass is 9.98. The molecule has 0 radical (unpaired) electrons. The van der Waals surface area contributed by atoms with E-state index in [1.54, 1.807) is 6.07 Å². The number of carboxylic acid groups (broad SMARTS) is 1. The van der Waals surface area contributed by atoms with Crippen LogP contribution in [0.2, 0.25) is 0 Å². The summed E-state index contributed by atoms with van der Waals surface area (Å²) < 4.78 is 5.25. The standard InChI is InChI=1S/C13H17NO4/c1-8-6-13(17,7-14(8)9-2-3-9)11-5-4-10(18-11)12(15)16/h4-5,8-9,17H,2-3,6-7H2,1H3,(H,15,16). The minimum Gasteiger partial charge on any atom is -0.475 e. The minimum absolute atomic E-state index is 0.115. The van der Waals surface area contributed by atoms with Gasteiger partial charge in [0.05, 0.1) is 0 Å². The van der Waals surface area contributed by atoms with Crippen molar-refractivity contribution in [1.29, 1.82) is 0 Å². The zero-order valence-corrected chi connectivity index (χ0v) is 10.3. The van der Waals surface area contributed by atoms with Crippen LogP contribution in [0.4, 0.5) is 0 Å². The Labute approximate surface area is 105 Å². The number of carboxylic acids is 1. The Kier molecular flexibility index (Phi) is 2.50. The summed E-state index contributed by atoms with van der Waals surface area (Å²) in [6, 6.07) is 3.87. The zero-order valence-electron chi connectivity index (χ0n) is 10.3. The molecule has 2 N–H and O–H groups in total. The first kappa shape index (κ1) is 11.7. The van der Waals surface area contributed by atoms with E-state index in [2.05, 4.69) is 11.8 Å². The van der Waals surface area contributed by atoms with Crippen molar-refractivity contribution in [2.24, 2.45) is 0 Å². The van der Waals surface area contributed by atoms with Gasteiger partial charge in [-0.3, -0.25) is 4.90 Å². The first-order chi connectivity index (χ1) is 8.49. The van der Waals surface area contributed by atoms with Crippen molar-refractivity contribution in [3.05, 3.63) is 23.7 Å². The van der Waals surface area contributed by atoms with E-state index < -0.39 is 11.6 Å². The summed E-state index contributed by atoms with van der Waals surface area (Å²) in [6.45, 7) is 2.63. The number of aliphatic hydroxyl groups is 1. The number of carbonyl (C=O) groups is 1. The molecule has 5 nitrogen and oxygen atoms in total. The highest BCUT2D eigenvalue weighted by molar-refractivity contribution is 5.84. The van der Waals surface area contributed by atoms with Crippen LogP contribution in [0.25, 0.3) is 0 Å². The van der Waals surface area contributed by atoms with Gasteiger partial charge >= 0.3 is 5.97 Å². The van der Waals surface area contributed by atoms with Gasteiger partial charge < -0.3 is 14.6 Å². The second-order valence-electron chi connectivity index (χ2n) is 5.46. The molecule has 3 rings (SSSR count). The molecule has 0 spiro atoms.